The largest absolute Gasteiger partial charge is 0.436 e. The van der Waals surface area contributed by atoms with Crippen molar-refractivity contribution >= 4 is 11.6 Å². The van der Waals surface area contributed by atoms with Gasteiger partial charge in [0, 0.05) is 35.3 Å². The number of nitrogens with zero attached hydrogens (tertiary/aromatic N) is 5. The third-order valence-corrected chi connectivity index (χ3v) is 9.70. The second kappa shape index (κ2) is 12.7. The molecule has 1 aromatic carbocycles. The Morgan fingerprint density at radius 2 is 1.88 bits per heavy atom. The molecule has 232 valence electrons. The minimum Gasteiger partial charge on any atom is -0.315 e. The minimum atomic E-state index is -4.63. The second-order valence-corrected chi connectivity index (χ2v) is 12.8. The summed E-state index contributed by atoms with van der Waals surface area (Å²) in [5.74, 6) is 1.71. The number of hydrogen-bond acceptors (Lipinski definition) is 7. The Morgan fingerprint density at radius 1 is 1.02 bits per heavy atom. The van der Waals surface area contributed by atoms with E-state index < -0.39 is 11.9 Å². The lowest BCUT2D eigenvalue weighted by molar-refractivity contribution is -0.141. The number of halogens is 4. The summed E-state index contributed by atoms with van der Waals surface area (Å²) < 4.78 is 42.4. The maximum Gasteiger partial charge on any atom is 0.436 e. The highest BCUT2D eigenvalue weighted by atomic mass is 35.5. The molecule has 0 amide bonds. The van der Waals surface area contributed by atoms with Gasteiger partial charge >= 0.3 is 6.18 Å². The molecule has 0 saturated carbocycles. The molecule has 3 aliphatic heterocycles. The molecule has 6 rings (SSSR count). The van der Waals surface area contributed by atoms with E-state index in [1.54, 1.807) is 29.1 Å². The number of rotatable bonds is 3. The van der Waals surface area contributed by atoms with Crippen LogP contribution >= 0.6 is 11.6 Å². The standard InChI is InChI=1S/C30H38ClF3N8O/c1-18-3-2-4-27(24-11-19(7-10-36-24)21-8-9-35-15-25(21)37-14-18)41-17-38-23(13-29(41)43)22-12-20(31)5-6-26(22)42-16-28(39-40-42)30(32,33)34/h5-6,12-13,16-19,21,24-25,27,35-37H,2-4,7-11,14-15H2,1H3/t18?,19?,21?,24?,25?,27-/m0/s1. The summed E-state index contributed by atoms with van der Waals surface area (Å²) in [6.07, 6.45) is 3.96. The Morgan fingerprint density at radius 3 is 2.67 bits per heavy atom. The van der Waals surface area contributed by atoms with Crippen LogP contribution in [-0.2, 0) is 6.18 Å². The molecule has 6 atom stereocenters. The van der Waals surface area contributed by atoms with E-state index in [0.29, 0.717) is 45.8 Å². The lowest BCUT2D eigenvalue weighted by Crippen LogP contribution is -2.55. The molecule has 2 bridgehead atoms. The van der Waals surface area contributed by atoms with Gasteiger partial charge in [0.05, 0.1) is 29.9 Å². The van der Waals surface area contributed by atoms with Gasteiger partial charge in [-0.15, -0.1) is 5.10 Å². The fourth-order valence-corrected chi connectivity index (χ4v) is 7.40. The zero-order valence-electron chi connectivity index (χ0n) is 24.2. The third-order valence-electron chi connectivity index (χ3n) is 9.47. The summed E-state index contributed by atoms with van der Waals surface area (Å²) in [5, 5.41) is 18.5. The smallest absolute Gasteiger partial charge is 0.315 e. The van der Waals surface area contributed by atoms with Gasteiger partial charge in [-0.2, -0.15) is 13.2 Å². The first kappa shape index (κ1) is 30.2. The van der Waals surface area contributed by atoms with Crippen molar-refractivity contribution in [3.8, 4) is 16.9 Å². The molecule has 3 fully saturated rings. The summed E-state index contributed by atoms with van der Waals surface area (Å²) in [6, 6.07) is 6.67. The van der Waals surface area contributed by atoms with Crippen LogP contribution in [-0.4, -0.2) is 62.8 Å². The molecule has 13 heteroatoms. The Kier molecular flexibility index (Phi) is 8.91. The van der Waals surface area contributed by atoms with E-state index in [1.807, 2.05) is 0 Å². The van der Waals surface area contributed by atoms with Crippen LogP contribution in [0.5, 0.6) is 0 Å². The summed E-state index contributed by atoms with van der Waals surface area (Å²) >= 11 is 6.28. The number of nitrogens with one attached hydrogen (secondary N) is 3. The van der Waals surface area contributed by atoms with Gasteiger partial charge < -0.3 is 16.0 Å². The predicted octanol–water partition coefficient (Wildman–Crippen LogP) is 4.46. The normalized spacial score (nSPS) is 28.9. The van der Waals surface area contributed by atoms with Crippen LogP contribution in [0.15, 0.2) is 41.6 Å². The van der Waals surface area contributed by atoms with Crippen LogP contribution in [0.2, 0.25) is 5.02 Å². The molecular formula is C30H38ClF3N8O. The molecule has 3 saturated heterocycles. The number of alkyl halides is 3. The number of hydrogen-bond donors (Lipinski definition) is 3. The van der Waals surface area contributed by atoms with Crippen LogP contribution in [0, 0.1) is 17.8 Å². The minimum absolute atomic E-state index is 0.0555. The van der Waals surface area contributed by atoms with Crippen molar-refractivity contribution in [1.29, 1.82) is 0 Å². The first-order valence-corrected chi connectivity index (χ1v) is 15.6. The SMILES string of the molecule is CC1CCC[C@H](n2cnc(-c3cc(Cl)ccc3-n3cc(C(F)(F)F)nn3)cc2=O)C2CC(CCN2)C2CCNCC2NC1. The van der Waals surface area contributed by atoms with Gasteiger partial charge in [0.1, 0.15) is 0 Å². The Hall–Kier alpha value is -2.80. The Bertz CT molecular complexity index is 1480. The average Bonchev–Trinajstić information content (AvgIpc) is 3.50. The van der Waals surface area contributed by atoms with Crippen molar-refractivity contribution in [2.75, 3.05) is 26.2 Å². The number of aromatic nitrogens is 5. The molecule has 0 spiro atoms. The van der Waals surface area contributed by atoms with Crippen LogP contribution in [0.3, 0.4) is 0 Å². The fraction of sp³-hybridized carbons (Fsp3) is 0.600. The molecule has 9 nitrogen and oxygen atoms in total. The topological polar surface area (TPSA) is 102 Å². The van der Waals surface area contributed by atoms with E-state index in [4.69, 9.17) is 11.6 Å². The number of piperidine rings is 2. The van der Waals surface area contributed by atoms with Crippen molar-refractivity contribution in [3.63, 3.8) is 0 Å². The van der Waals surface area contributed by atoms with E-state index in [0.717, 1.165) is 75.6 Å². The quantitative estimate of drug-likeness (QED) is 0.398. The number of fused-ring (bicyclic) bond motifs is 4. The van der Waals surface area contributed by atoms with Gasteiger partial charge in [-0.1, -0.05) is 30.2 Å². The molecule has 3 aromatic rings. The molecule has 5 heterocycles. The molecule has 2 aromatic heterocycles. The molecule has 43 heavy (non-hydrogen) atoms. The van der Waals surface area contributed by atoms with Gasteiger partial charge in [-0.25, -0.2) is 9.67 Å². The summed E-state index contributed by atoms with van der Waals surface area (Å²) in [7, 11) is 0. The van der Waals surface area contributed by atoms with Crippen LogP contribution in [0.4, 0.5) is 13.2 Å². The molecular weight excluding hydrogens is 581 g/mol. The fourth-order valence-electron chi connectivity index (χ4n) is 7.23. The number of benzene rings is 1. The van der Waals surface area contributed by atoms with Crippen LogP contribution in [0.25, 0.3) is 16.9 Å². The zero-order valence-corrected chi connectivity index (χ0v) is 24.9. The molecule has 0 aliphatic carbocycles. The Labute approximate surface area is 253 Å². The van der Waals surface area contributed by atoms with Gasteiger partial charge in [0.15, 0.2) is 5.69 Å². The third kappa shape index (κ3) is 6.67. The highest BCUT2D eigenvalue weighted by molar-refractivity contribution is 6.31. The van der Waals surface area contributed by atoms with E-state index in [9.17, 15) is 18.0 Å². The summed E-state index contributed by atoms with van der Waals surface area (Å²) in [6.45, 7) is 6.24. The van der Waals surface area contributed by atoms with E-state index >= 15 is 0 Å². The summed E-state index contributed by atoms with van der Waals surface area (Å²) in [5.41, 5.74) is -0.329. The molecule has 5 unspecified atom stereocenters. The summed E-state index contributed by atoms with van der Waals surface area (Å²) in [4.78, 5) is 18.4. The van der Waals surface area contributed by atoms with Crippen molar-refractivity contribution in [3.05, 3.63) is 57.9 Å². The van der Waals surface area contributed by atoms with Crippen molar-refractivity contribution < 1.29 is 13.2 Å². The van der Waals surface area contributed by atoms with Crippen LogP contribution in [0.1, 0.15) is 57.2 Å². The molecule has 3 N–H and O–H groups in total. The Balaban J connectivity index is 1.32. The monoisotopic (exact) mass is 618 g/mol. The van der Waals surface area contributed by atoms with Gasteiger partial charge in [-0.05, 0) is 87.7 Å². The highest BCUT2D eigenvalue weighted by Crippen LogP contribution is 2.36. The first-order valence-electron chi connectivity index (χ1n) is 15.2. The van der Waals surface area contributed by atoms with Crippen molar-refractivity contribution in [2.24, 2.45) is 17.8 Å². The van der Waals surface area contributed by atoms with Gasteiger partial charge in [0.2, 0.25) is 0 Å². The van der Waals surface area contributed by atoms with E-state index in [1.165, 1.54) is 6.07 Å². The predicted molar refractivity (Wildman–Crippen MR) is 158 cm³/mol. The second-order valence-electron chi connectivity index (χ2n) is 12.3. The zero-order chi connectivity index (χ0) is 30.1. The highest BCUT2D eigenvalue weighted by Gasteiger charge is 2.38. The van der Waals surface area contributed by atoms with Crippen molar-refractivity contribution in [2.45, 2.75) is 69.8 Å². The first-order chi connectivity index (χ1) is 20.7. The van der Waals surface area contributed by atoms with Gasteiger partial charge in [0.25, 0.3) is 5.56 Å². The van der Waals surface area contributed by atoms with Crippen molar-refractivity contribution in [1.82, 2.24) is 40.5 Å². The maximum absolute atomic E-state index is 13.8. The van der Waals surface area contributed by atoms with Crippen LogP contribution < -0.4 is 21.5 Å². The van der Waals surface area contributed by atoms with E-state index in [2.05, 4.69) is 38.2 Å². The maximum atomic E-state index is 13.8. The average molecular weight is 619 g/mol. The lowest BCUT2D eigenvalue weighted by Gasteiger charge is -2.44. The van der Waals surface area contributed by atoms with E-state index in [-0.39, 0.29) is 17.6 Å². The lowest BCUT2D eigenvalue weighted by atomic mass is 9.73. The molecule has 3 aliphatic rings. The van der Waals surface area contributed by atoms with Gasteiger partial charge in [-0.3, -0.25) is 9.36 Å². The molecule has 0 radical (unpaired) electrons.